The van der Waals surface area contributed by atoms with Crippen LogP contribution in [-0.4, -0.2) is 24.1 Å². The molecule has 0 spiro atoms. The molecule has 1 saturated heterocycles. The maximum absolute atomic E-state index is 11.4. The van der Waals surface area contributed by atoms with E-state index in [9.17, 15) is 4.79 Å². The number of hydrogen-bond donors (Lipinski definition) is 0. The molecule has 1 aliphatic heterocycles. The van der Waals surface area contributed by atoms with Gasteiger partial charge in [0, 0.05) is 6.54 Å². The summed E-state index contributed by atoms with van der Waals surface area (Å²) in [5.74, 6) is -0.179. The van der Waals surface area contributed by atoms with E-state index >= 15 is 0 Å². The van der Waals surface area contributed by atoms with Crippen LogP contribution in [0.2, 0.25) is 0 Å². The van der Waals surface area contributed by atoms with Crippen molar-refractivity contribution in [2.75, 3.05) is 13.1 Å². The zero-order valence-corrected chi connectivity index (χ0v) is 8.59. The molecule has 3 nitrogen and oxygen atoms in total. The first-order valence-corrected chi connectivity index (χ1v) is 4.53. The van der Waals surface area contributed by atoms with E-state index < -0.39 is 5.41 Å². The maximum Gasteiger partial charge on any atom is 0.330 e. The van der Waals surface area contributed by atoms with Gasteiger partial charge in [0.05, 0.1) is 12.0 Å². The molecule has 3 heteroatoms. The van der Waals surface area contributed by atoms with E-state index in [0.29, 0.717) is 6.54 Å². The van der Waals surface area contributed by atoms with Gasteiger partial charge in [0.2, 0.25) is 0 Å². The summed E-state index contributed by atoms with van der Waals surface area (Å²) < 4.78 is 0. The molecule has 0 aromatic heterocycles. The Balaban J connectivity index is 2.42. The third-order valence-corrected chi connectivity index (χ3v) is 1.94. The second kappa shape index (κ2) is 3.50. The normalized spacial score (nSPS) is 19.2. The average Bonchev–Trinajstić information content (AvgIpc) is 2.33. The molecule has 0 aromatic rings. The Morgan fingerprint density at radius 1 is 1.54 bits per heavy atom. The lowest BCUT2D eigenvalue weighted by Gasteiger charge is -2.21. The first kappa shape index (κ1) is 10.3. The van der Waals surface area contributed by atoms with E-state index in [1.165, 1.54) is 0 Å². The van der Waals surface area contributed by atoms with Crippen LogP contribution in [0.5, 0.6) is 0 Å². The van der Waals surface area contributed by atoms with Gasteiger partial charge in [0.25, 0.3) is 0 Å². The second-order valence-electron chi connectivity index (χ2n) is 4.49. The third kappa shape index (κ3) is 2.84. The Morgan fingerprint density at radius 3 is 2.54 bits per heavy atom. The summed E-state index contributed by atoms with van der Waals surface area (Å²) in [5.41, 5.74) is 0.700. The second-order valence-corrected chi connectivity index (χ2v) is 4.49. The van der Waals surface area contributed by atoms with Crippen molar-refractivity contribution in [1.29, 1.82) is 0 Å². The average molecular weight is 183 g/mol. The molecule has 74 valence electrons. The van der Waals surface area contributed by atoms with Crippen molar-refractivity contribution in [2.24, 2.45) is 5.41 Å². The molecule has 0 amide bonds. The van der Waals surface area contributed by atoms with Crippen molar-refractivity contribution in [1.82, 2.24) is 5.06 Å². The van der Waals surface area contributed by atoms with E-state index in [2.05, 4.69) is 6.58 Å². The minimum atomic E-state index is -0.427. The van der Waals surface area contributed by atoms with Crippen LogP contribution in [0.15, 0.2) is 12.2 Å². The number of hydrogen-bond acceptors (Lipinski definition) is 3. The van der Waals surface area contributed by atoms with Gasteiger partial charge < -0.3 is 4.84 Å². The number of nitrogens with zero attached hydrogens (tertiary/aromatic N) is 1. The monoisotopic (exact) mass is 183 g/mol. The van der Waals surface area contributed by atoms with Gasteiger partial charge in [0.1, 0.15) is 0 Å². The lowest BCUT2D eigenvalue weighted by molar-refractivity contribution is -0.194. The highest BCUT2D eigenvalue weighted by Crippen LogP contribution is 2.19. The lowest BCUT2D eigenvalue weighted by atomic mass is 9.98. The first-order chi connectivity index (χ1) is 5.89. The fraction of sp³-hybridized carbons (Fsp3) is 0.700. The minimum absolute atomic E-state index is 0.179. The summed E-state index contributed by atoms with van der Waals surface area (Å²) in [6, 6.07) is 0. The molecule has 0 aromatic carbocycles. The Kier molecular flexibility index (Phi) is 2.76. The number of rotatable bonds is 1. The van der Waals surface area contributed by atoms with E-state index in [1.54, 1.807) is 5.06 Å². The number of hydroxylamine groups is 2. The van der Waals surface area contributed by atoms with Gasteiger partial charge in [-0.3, -0.25) is 0 Å². The zero-order chi connectivity index (χ0) is 10.1. The topological polar surface area (TPSA) is 29.5 Å². The van der Waals surface area contributed by atoms with E-state index in [-0.39, 0.29) is 5.97 Å². The molecule has 0 saturated carbocycles. The Labute approximate surface area is 79.3 Å². The van der Waals surface area contributed by atoms with E-state index in [4.69, 9.17) is 4.84 Å². The lowest BCUT2D eigenvalue weighted by Crippen LogP contribution is -2.31. The van der Waals surface area contributed by atoms with Crippen LogP contribution in [0.1, 0.15) is 27.2 Å². The third-order valence-electron chi connectivity index (χ3n) is 1.94. The number of carbonyl (C=O) groups excluding carboxylic acids is 1. The van der Waals surface area contributed by atoms with Crippen molar-refractivity contribution in [3.8, 4) is 0 Å². The van der Waals surface area contributed by atoms with Gasteiger partial charge >= 0.3 is 5.97 Å². The van der Waals surface area contributed by atoms with Crippen LogP contribution in [0, 0.1) is 5.41 Å². The minimum Gasteiger partial charge on any atom is -0.367 e. The highest BCUT2D eigenvalue weighted by Gasteiger charge is 2.27. The van der Waals surface area contributed by atoms with Crippen molar-refractivity contribution in [3.05, 3.63) is 12.2 Å². The highest BCUT2D eigenvalue weighted by atomic mass is 16.7. The van der Waals surface area contributed by atoms with Gasteiger partial charge in [-0.15, -0.1) is 5.06 Å². The SMILES string of the molecule is C=C1CCN(OC(=O)C(C)(C)C)C1. The maximum atomic E-state index is 11.4. The molecular formula is C10H17NO2. The molecule has 1 fully saturated rings. The van der Waals surface area contributed by atoms with Crippen LogP contribution >= 0.6 is 0 Å². The first-order valence-electron chi connectivity index (χ1n) is 4.53. The summed E-state index contributed by atoms with van der Waals surface area (Å²) >= 11 is 0. The van der Waals surface area contributed by atoms with Crippen molar-refractivity contribution in [2.45, 2.75) is 27.2 Å². The van der Waals surface area contributed by atoms with Gasteiger partial charge in [-0.1, -0.05) is 12.2 Å². The molecule has 1 aliphatic rings. The molecule has 0 bridgehead atoms. The zero-order valence-electron chi connectivity index (χ0n) is 8.59. The smallest absolute Gasteiger partial charge is 0.330 e. The van der Waals surface area contributed by atoms with Crippen LogP contribution in [0.4, 0.5) is 0 Å². The van der Waals surface area contributed by atoms with E-state index in [0.717, 1.165) is 18.5 Å². The summed E-state index contributed by atoms with van der Waals surface area (Å²) in [6.07, 6.45) is 0.928. The molecule has 1 rings (SSSR count). The largest absolute Gasteiger partial charge is 0.367 e. The summed E-state index contributed by atoms with van der Waals surface area (Å²) in [4.78, 5) is 16.6. The molecular weight excluding hydrogens is 166 g/mol. The van der Waals surface area contributed by atoms with Crippen molar-refractivity contribution >= 4 is 5.97 Å². The highest BCUT2D eigenvalue weighted by molar-refractivity contribution is 5.75. The van der Waals surface area contributed by atoms with Gasteiger partial charge in [0.15, 0.2) is 0 Å². The molecule has 0 unspecified atom stereocenters. The van der Waals surface area contributed by atoms with Gasteiger partial charge in [-0.25, -0.2) is 4.79 Å². The van der Waals surface area contributed by atoms with Crippen molar-refractivity contribution in [3.63, 3.8) is 0 Å². The summed E-state index contributed by atoms with van der Waals surface area (Å²) in [5, 5.41) is 1.68. The molecule has 0 radical (unpaired) electrons. The fourth-order valence-corrected chi connectivity index (χ4v) is 1.02. The van der Waals surface area contributed by atoms with Crippen LogP contribution in [0.25, 0.3) is 0 Å². The van der Waals surface area contributed by atoms with Crippen LogP contribution in [-0.2, 0) is 9.63 Å². The number of carbonyl (C=O) groups is 1. The standard InChI is InChI=1S/C10H17NO2/c1-8-5-6-11(7-8)13-9(12)10(2,3)4/h1,5-7H2,2-4H3. The van der Waals surface area contributed by atoms with E-state index in [1.807, 2.05) is 20.8 Å². The predicted molar refractivity (Wildman–Crippen MR) is 50.9 cm³/mol. The Bertz CT molecular complexity index is 228. The predicted octanol–water partition coefficient (Wildman–Crippen LogP) is 1.75. The summed E-state index contributed by atoms with van der Waals surface area (Å²) in [6.45, 7) is 10.8. The van der Waals surface area contributed by atoms with Gasteiger partial charge in [-0.05, 0) is 27.2 Å². The van der Waals surface area contributed by atoms with Crippen LogP contribution in [0.3, 0.4) is 0 Å². The molecule has 13 heavy (non-hydrogen) atoms. The van der Waals surface area contributed by atoms with Crippen molar-refractivity contribution < 1.29 is 9.63 Å². The molecule has 0 aliphatic carbocycles. The molecule has 1 heterocycles. The molecule has 0 N–H and O–H groups in total. The van der Waals surface area contributed by atoms with Crippen LogP contribution < -0.4 is 0 Å². The summed E-state index contributed by atoms with van der Waals surface area (Å²) in [7, 11) is 0. The van der Waals surface area contributed by atoms with Gasteiger partial charge in [-0.2, -0.15) is 0 Å². The Morgan fingerprint density at radius 2 is 2.15 bits per heavy atom. The Hall–Kier alpha value is -0.830. The fourth-order valence-electron chi connectivity index (χ4n) is 1.02. The quantitative estimate of drug-likeness (QED) is 0.580. The molecule has 0 atom stereocenters.